The average Bonchev–Trinajstić information content (AvgIpc) is 3.12. The number of likely N-dealkylation sites (N-methyl/N-ethyl adjacent to an activating group) is 1. The van der Waals surface area contributed by atoms with Gasteiger partial charge in [-0.3, -0.25) is 9.59 Å². The molecule has 0 aliphatic carbocycles. The van der Waals surface area contributed by atoms with Crippen LogP contribution in [-0.2, 0) is 16.0 Å². The van der Waals surface area contributed by atoms with Crippen LogP contribution in [0.5, 0.6) is 0 Å². The summed E-state index contributed by atoms with van der Waals surface area (Å²) < 4.78 is 14.6. The predicted octanol–water partition coefficient (Wildman–Crippen LogP) is 2.65. The van der Waals surface area contributed by atoms with Crippen molar-refractivity contribution in [3.05, 3.63) is 78.4 Å². The van der Waals surface area contributed by atoms with Gasteiger partial charge in [-0.1, -0.05) is 18.2 Å². The summed E-state index contributed by atoms with van der Waals surface area (Å²) in [5.41, 5.74) is 2.14. The molecule has 0 aliphatic heterocycles. The van der Waals surface area contributed by atoms with Crippen molar-refractivity contribution in [2.24, 2.45) is 0 Å². The molecule has 1 heterocycles. The molecule has 2 aromatic carbocycles. The fourth-order valence-corrected chi connectivity index (χ4v) is 2.52. The fourth-order valence-electron chi connectivity index (χ4n) is 2.52. The van der Waals surface area contributed by atoms with Gasteiger partial charge in [-0.15, -0.1) is 0 Å². The van der Waals surface area contributed by atoms with E-state index in [0.29, 0.717) is 5.69 Å². The average molecular weight is 366 g/mol. The molecule has 2 amide bonds. The lowest BCUT2D eigenvalue weighted by Crippen LogP contribution is -2.35. The molecule has 0 spiro atoms. The number of anilines is 1. The van der Waals surface area contributed by atoms with Crippen molar-refractivity contribution in [3.8, 4) is 5.69 Å². The Morgan fingerprint density at radius 3 is 2.52 bits per heavy atom. The van der Waals surface area contributed by atoms with Crippen molar-refractivity contribution in [1.82, 2.24) is 14.7 Å². The van der Waals surface area contributed by atoms with E-state index in [1.165, 1.54) is 29.2 Å². The third-order valence-electron chi connectivity index (χ3n) is 3.95. The van der Waals surface area contributed by atoms with Crippen molar-refractivity contribution in [3.63, 3.8) is 0 Å². The Labute approximate surface area is 156 Å². The zero-order valence-corrected chi connectivity index (χ0v) is 14.8. The second-order valence-corrected chi connectivity index (χ2v) is 6.11. The second kappa shape index (κ2) is 8.27. The van der Waals surface area contributed by atoms with E-state index in [4.69, 9.17) is 0 Å². The van der Waals surface area contributed by atoms with Crippen molar-refractivity contribution in [2.45, 2.75) is 6.42 Å². The van der Waals surface area contributed by atoms with Gasteiger partial charge in [0.15, 0.2) is 0 Å². The number of para-hydroxylation sites is 1. The van der Waals surface area contributed by atoms with Crippen molar-refractivity contribution in [2.75, 3.05) is 18.9 Å². The molecule has 0 aliphatic rings. The van der Waals surface area contributed by atoms with Gasteiger partial charge in [0.25, 0.3) is 0 Å². The van der Waals surface area contributed by atoms with Crippen LogP contribution in [0.15, 0.2) is 67.0 Å². The van der Waals surface area contributed by atoms with Crippen LogP contribution in [0.3, 0.4) is 0 Å². The van der Waals surface area contributed by atoms with E-state index in [2.05, 4.69) is 10.4 Å². The molecule has 6 nitrogen and oxygen atoms in total. The van der Waals surface area contributed by atoms with Crippen LogP contribution >= 0.6 is 0 Å². The normalized spacial score (nSPS) is 10.4. The lowest BCUT2D eigenvalue weighted by atomic mass is 10.2. The van der Waals surface area contributed by atoms with E-state index in [0.717, 1.165) is 11.3 Å². The van der Waals surface area contributed by atoms with Crippen LogP contribution in [0.25, 0.3) is 5.69 Å². The first-order valence-corrected chi connectivity index (χ1v) is 8.39. The molecule has 0 atom stereocenters. The number of carbonyl (C=O) groups excluding carboxylic acids is 2. The van der Waals surface area contributed by atoms with Gasteiger partial charge in [0, 0.05) is 18.9 Å². The molecule has 138 valence electrons. The number of amides is 2. The Balaban J connectivity index is 1.54. The Morgan fingerprint density at radius 2 is 1.81 bits per heavy atom. The molecule has 0 saturated heterocycles. The standard InChI is InChI=1S/C20H19FN4O2/c1-24(14-19(26)23-17-9-7-16(21)8-10-17)20(27)11-15-12-22-25(13-15)18-5-3-2-4-6-18/h2-10,12-13H,11,14H2,1H3,(H,23,26). The maximum atomic E-state index is 12.9. The summed E-state index contributed by atoms with van der Waals surface area (Å²) in [6.07, 6.45) is 3.57. The number of rotatable bonds is 6. The Morgan fingerprint density at radius 1 is 1.11 bits per heavy atom. The fraction of sp³-hybridized carbons (Fsp3) is 0.150. The highest BCUT2D eigenvalue weighted by Crippen LogP contribution is 2.10. The van der Waals surface area contributed by atoms with Gasteiger partial charge in [0.05, 0.1) is 24.8 Å². The second-order valence-electron chi connectivity index (χ2n) is 6.11. The number of halogens is 1. The maximum Gasteiger partial charge on any atom is 0.243 e. The lowest BCUT2D eigenvalue weighted by molar-refractivity contribution is -0.132. The minimum atomic E-state index is -0.378. The van der Waals surface area contributed by atoms with Crippen molar-refractivity contribution in [1.29, 1.82) is 0 Å². The van der Waals surface area contributed by atoms with Gasteiger partial charge in [0.1, 0.15) is 5.82 Å². The minimum absolute atomic E-state index is 0.0942. The monoisotopic (exact) mass is 366 g/mol. The first-order chi connectivity index (χ1) is 13.0. The number of hydrogen-bond acceptors (Lipinski definition) is 3. The third kappa shape index (κ3) is 5.01. The number of hydrogen-bond donors (Lipinski definition) is 1. The van der Waals surface area contributed by atoms with Crippen LogP contribution in [0.4, 0.5) is 10.1 Å². The smallest absolute Gasteiger partial charge is 0.243 e. The maximum absolute atomic E-state index is 12.9. The van der Waals surface area contributed by atoms with Crippen LogP contribution in [0, 0.1) is 5.82 Å². The van der Waals surface area contributed by atoms with E-state index < -0.39 is 0 Å². The SMILES string of the molecule is CN(CC(=O)Nc1ccc(F)cc1)C(=O)Cc1cnn(-c2ccccc2)c1. The summed E-state index contributed by atoms with van der Waals surface area (Å²) in [6.45, 7) is -0.0942. The molecular formula is C20H19FN4O2. The third-order valence-corrected chi connectivity index (χ3v) is 3.95. The summed E-state index contributed by atoms with van der Waals surface area (Å²) in [5, 5.41) is 6.89. The predicted molar refractivity (Wildman–Crippen MR) is 99.9 cm³/mol. The summed E-state index contributed by atoms with van der Waals surface area (Å²) in [5.74, 6) is -0.925. The number of benzene rings is 2. The summed E-state index contributed by atoms with van der Waals surface area (Å²) in [6, 6.07) is 15.0. The summed E-state index contributed by atoms with van der Waals surface area (Å²) in [7, 11) is 1.56. The van der Waals surface area contributed by atoms with Crippen LogP contribution in [-0.4, -0.2) is 40.1 Å². The Kier molecular flexibility index (Phi) is 5.61. The molecule has 7 heteroatoms. The topological polar surface area (TPSA) is 67.2 Å². The van der Waals surface area contributed by atoms with Gasteiger partial charge in [0.2, 0.25) is 11.8 Å². The van der Waals surface area contributed by atoms with E-state index in [1.807, 2.05) is 30.3 Å². The molecule has 0 bridgehead atoms. The molecule has 1 N–H and O–H groups in total. The van der Waals surface area contributed by atoms with Crippen LogP contribution in [0.1, 0.15) is 5.56 Å². The number of nitrogens with one attached hydrogen (secondary N) is 1. The largest absolute Gasteiger partial charge is 0.336 e. The molecule has 0 radical (unpaired) electrons. The van der Waals surface area contributed by atoms with Crippen LogP contribution in [0.2, 0.25) is 0 Å². The Hall–Kier alpha value is -3.48. The number of aromatic nitrogens is 2. The van der Waals surface area contributed by atoms with Crippen LogP contribution < -0.4 is 5.32 Å². The summed E-state index contributed by atoms with van der Waals surface area (Å²) >= 11 is 0. The van der Waals surface area contributed by atoms with E-state index >= 15 is 0 Å². The molecule has 0 fully saturated rings. The highest BCUT2D eigenvalue weighted by Gasteiger charge is 2.15. The molecule has 3 rings (SSSR count). The molecule has 27 heavy (non-hydrogen) atoms. The zero-order chi connectivity index (χ0) is 19.2. The van der Waals surface area contributed by atoms with Gasteiger partial charge in [-0.2, -0.15) is 5.10 Å². The molecule has 1 aromatic heterocycles. The zero-order valence-electron chi connectivity index (χ0n) is 14.8. The van der Waals surface area contributed by atoms with Gasteiger partial charge >= 0.3 is 0 Å². The van der Waals surface area contributed by atoms with E-state index in [-0.39, 0.29) is 30.6 Å². The van der Waals surface area contributed by atoms with Gasteiger partial charge < -0.3 is 10.2 Å². The first-order valence-electron chi connectivity index (χ1n) is 8.39. The van der Waals surface area contributed by atoms with E-state index in [9.17, 15) is 14.0 Å². The minimum Gasteiger partial charge on any atom is -0.336 e. The van der Waals surface area contributed by atoms with Crippen molar-refractivity contribution >= 4 is 17.5 Å². The molecular weight excluding hydrogens is 347 g/mol. The lowest BCUT2D eigenvalue weighted by Gasteiger charge is -2.16. The molecule has 3 aromatic rings. The number of nitrogens with zero attached hydrogens (tertiary/aromatic N) is 3. The van der Waals surface area contributed by atoms with Crippen molar-refractivity contribution < 1.29 is 14.0 Å². The Bertz CT molecular complexity index is 923. The van der Waals surface area contributed by atoms with E-state index in [1.54, 1.807) is 24.1 Å². The molecule has 0 saturated carbocycles. The quantitative estimate of drug-likeness (QED) is 0.729. The van der Waals surface area contributed by atoms with Gasteiger partial charge in [-0.05, 0) is 42.0 Å². The first kappa shape index (κ1) is 18.3. The number of carbonyl (C=O) groups is 2. The highest BCUT2D eigenvalue weighted by molar-refractivity contribution is 5.94. The summed E-state index contributed by atoms with van der Waals surface area (Å²) in [4.78, 5) is 25.7. The highest BCUT2D eigenvalue weighted by atomic mass is 19.1. The molecule has 0 unspecified atom stereocenters. The van der Waals surface area contributed by atoms with Gasteiger partial charge in [-0.25, -0.2) is 9.07 Å².